The standard InChI is InChI=1S/C19H23F3N4O2S/c1-2-7-26-15-10-13(19(20,21)22)3-4-14(15)24-18(26)29-11-16(27)25-8-5-12(6-9-25)17(23)28/h3-4,10,12H,2,5-9,11H2,1H3,(H2,23,28). The van der Waals surface area contributed by atoms with Gasteiger partial charge in [-0.25, -0.2) is 4.98 Å². The number of benzene rings is 1. The molecule has 6 nitrogen and oxygen atoms in total. The minimum atomic E-state index is -4.42. The van der Waals surface area contributed by atoms with Gasteiger partial charge in [0.1, 0.15) is 0 Å². The second-order valence-electron chi connectivity index (χ2n) is 7.09. The van der Waals surface area contributed by atoms with Gasteiger partial charge in [0.15, 0.2) is 5.16 Å². The number of nitrogens with two attached hydrogens (primary N) is 1. The largest absolute Gasteiger partial charge is 0.416 e. The number of primary amides is 1. The van der Waals surface area contributed by atoms with Crippen molar-refractivity contribution in [2.75, 3.05) is 18.8 Å². The van der Waals surface area contributed by atoms with Crippen LogP contribution in [0.3, 0.4) is 0 Å². The first-order valence-electron chi connectivity index (χ1n) is 9.48. The highest BCUT2D eigenvalue weighted by molar-refractivity contribution is 7.99. The molecule has 29 heavy (non-hydrogen) atoms. The molecule has 1 aromatic carbocycles. The van der Waals surface area contributed by atoms with Gasteiger partial charge in [-0.05, 0) is 37.5 Å². The fourth-order valence-electron chi connectivity index (χ4n) is 3.46. The number of nitrogens with zero attached hydrogens (tertiary/aromatic N) is 3. The fraction of sp³-hybridized carbons (Fsp3) is 0.526. The predicted octanol–water partition coefficient (Wildman–Crippen LogP) is 3.28. The van der Waals surface area contributed by atoms with Gasteiger partial charge in [0.25, 0.3) is 0 Å². The summed E-state index contributed by atoms with van der Waals surface area (Å²) in [5, 5.41) is 0.529. The highest BCUT2D eigenvalue weighted by Gasteiger charge is 2.31. The number of aryl methyl sites for hydroxylation is 1. The SMILES string of the molecule is CCCn1c(SCC(=O)N2CCC(C(N)=O)CC2)nc2ccc(C(F)(F)F)cc21. The molecule has 1 saturated heterocycles. The Labute approximate surface area is 170 Å². The Hall–Kier alpha value is -2.23. The zero-order valence-corrected chi connectivity index (χ0v) is 16.9. The monoisotopic (exact) mass is 428 g/mol. The third kappa shape index (κ3) is 4.85. The minimum absolute atomic E-state index is 0.0796. The summed E-state index contributed by atoms with van der Waals surface area (Å²) in [4.78, 5) is 29.9. The highest BCUT2D eigenvalue weighted by atomic mass is 32.2. The van der Waals surface area contributed by atoms with E-state index in [2.05, 4.69) is 4.98 Å². The molecule has 0 aliphatic carbocycles. The van der Waals surface area contributed by atoms with Crippen molar-refractivity contribution in [3.63, 3.8) is 0 Å². The van der Waals surface area contributed by atoms with Crippen LogP contribution in [-0.2, 0) is 22.3 Å². The highest BCUT2D eigenvalue weighted by Crippen LogP contribution is 2.33. The number of fused-ring (bicyclic) bond motifs is 1. The second-order valence-corrected chi connectivity index (χ2v) is 8.04. The smallest absolute Gasteiger partial charge is 0.369 e. The number of hydrogen-bond acceptors (Lipinski definition) is 4. The van der Waals surface area contributed by atoms with E-state index in [0.29, 0.717) is 48.7 Å². The Morgan fingerprint density at radius 2 is 1.97 bits per heavy atom. The molecule has 2 aromatic rings. The lowest BCUT2D eigenvalue weighted by molar-refractivity contribution is -0.137. The molecule has 0 unspecified atom stereocenters. The first-order valence-corrected chi connectivity index (χ1v) is 10.5. The summed E-state index contributed by atoms with van der Waals surface area (Å²) in [6.45, 7) is 3.40. The Morgan fingerprint density at radius 3 is 2.55 bits per heavy atom. The van der Waals surface area contributed by atoms with Gasteiger partial charge >= 0.3 is 6.18 Å². The Kier molecular flexibility index (Phi) is 6.40. The number of imidazole rings is 1. The van der Waals surface area contributed by atoms with Crippen LogP contribution in [0, 0.1) is 5.92 Å². The fourth-order valence-corrected chi connectivity index (χ4v) is 4.40. The van der Waals surface area contributed by atoms with E-state index in [1.807, 2.05) is 6.92 Å². The maximum atomic E-state index is 13.1. The number of alkyl halides is 3. The van der Waals surface area contributed by atoms with Crippen molar-refractivity contribution in [2.24, 2.45) is 11.7 Å². The van der Waals surface area contributed by atoms with Crippen LogP contribution in [0.1, 0.15) is 31.7 Å². The molecular formula is C19H23F3N4O2S. The summed E-state index contributed by atoms with van der Waals surface area (Å²) in [6.07, 6.45) is -2.58. The summed E-state index contributed by atoms with van der Waals surface area (Å²) in [5.41, 5.74) is 5.49. The van der Waals surface area contributed by atoms with E-state index in [1.54, 1.807) is 9.47 Å². The van der Waals surface area contributed by atoms with E-state index >= 15 is 0 Å². The second kappa shape index (κ2) is 8.64. The van der Waals surface area contributed by atoms with E-state index < -0.39 is 11.7 Å². The lowest BCUT2D eigenvalue weighted by Crippen LogP contribution is -2.42. The number of hydrogen-bond donors (Lipinski definition) is 1. The first-order chi connectivity index (χ1) is 13.7. The summed E-state index contributed by atoms with van der Waals surface area (Å²) >= 11 is 1.22. The molecule has 158 valence electrons. The predicted molar refractivity (Wildman–Crippen MR) is 104 cm³/mol. The molecule has 3 rings (SSSR count). The third-order valence-electron chi connectivity index (χ3n) is 5.06. The van der Waals surface area contributed by atoms with Gasteiger partial charge in [0.2, 0.25) is 11.8 Å². The number of aromatic nitrogens is 2. The molecule has 0 radical (unpaired) electrons. The van der Waals surface area contributed by atoms with Gasteiger partial charge in [0, 0.05) is 25.6 Å². The normalized spacial score (nSPS) is 15.8. The van der Waals surface area contributed by atoms with Crippen LogP contribution >= 0.6 is 11.8 Å². The van der Waals surface area contributed by atoms with Crippen molar-refractivity contribution >= 4 is 34.6 Å². The van der Waals surface area contributed by atoms with Crippen LogP contribution in [0.5, 0.6) is 0 Å². The maximum absolute atomic E-state index is 13.1. The third-order valence-corrected chi connectivity index (χ3v) is 6.02. The van der Waals surface area contributed by atoms with Crippen LogP contribution in [0.15, 0.2) is 23.4 Å². The number of likely N-dealkylation sites (tertiary alicyclic amines) is 1. The average Bonchev–Trinajstić information content (AvgIpc) is 3.02. The Morgan fingerprint density at radius 1 is 1.28 bits per heavy atom. The molecule has 0 saturated carbocycles. The first kappa shape index (κ1) is 21.5. The van der Waals surface area contributed by atoms with Crippen molar-refractivity contribution in [3.05, 3.63) is 23.8 Å². The number of piperidine rings is 1. The number of rotatable bonds is 6. The number of carbonyl (C=O) groups is 2. The van der Waals surface area contributed by atoms with Gasteiger partial charge in [0.05, 0.1) is 22.3 Å². The Balaban J connectivity index is 1.73. The quantitative estimate of drug-likeness (QED) is 0.716. The topological polar surface area (TPSA) is 81.2 Å². The summed E-state index contributed by atoms with van der Waals surface area (Å²) in [6, 6.07) is 3.50. The number of carbonyl (C=O) groups excluding carboxylic acids is 2. The molecule has 0 atom stereocenters. The van der Waals surface area contributed by atoms with Crippen molar-refractivity contribution in [1.29, 1.82) is 0 Å². The molecule has 1 fully saturated rings. The van der Waals surface area contributed by atoms with Gasteiger partial charge in [-0.3, -0.25) is 9.59 Å². The van der Waals surface area contributed by atoms with Crippen LogP contribution in [0.2, 0.25) is 0 Å². The van der Waals surface area contributed by atoms with Crippen LogP contribution in [0.25, 0.3) is 11.0 Å². The lowest BCUT2D eigenvalue weighted by atomic mass is 9.96. The zero-order chi connectivity index (χ0) is 21.2. The van der Waals surface area contributed by atoms with E-state index in [-0.39, 0.29) is 23.5 Å². The number of halogens is 3. The lowest BCUT2D eigenvalue weighted by Gasteiger charge is -2.30. The number of amides is 2. The van der Waals surface area contributed by atoms with E-state index in [0.717, 1.165) is 18.6 Å². The van der Waals surface area contributed by atoms with Crippen molar-refractivity contribution in [3.8, 4) is 0 Å². The molecule has 0 spiro atoms. The van der Waals surface area contributed by atoms with Crippen LogP contribution in [-0.4, -0.2) is 45.1 Å². The molecule has 10 heteroatoms. The van der Waals surface area contributed by atoms with Crippen molar-refractivity contribution in [1.82, 2.24) is 14.5 Å². The molecule has 1 aliphatic rings. The summed E-state index contributed by atoms with van der Waals surface area (Å²) in [5.74, 6) is -0.467. The average molecular weight is 428 g/mol. The number of thioether (sulfide) groups is 1. The van der Waals surface area contributed by atoms with Crippen molar-refractivity contribution in [2.45, 2.75) is 44.1 Å². The van der Waals surface area contributed by atoms with Gasteiger partial charge in [-0.2, -0.15) is 13.2 Å². The molecule has 2 amide bonds. The molecule has 1 aliphatic heterocycles. The minimum Gasteiger partial charge on any atom is -0.369 e. The molecule has 2 heterocycles. The summed E-state index contributed by atoms with van der Waals surface area (Å²) < 4.78 is 40.9. The molecule has 1 aromatic heterocycles. The molecular weight excluding hydrogens is 405 g/mol. The van der Waals surface area contributed by atoms with Gasteiger partial charge in [-0.1, -0.05) is 18.7 Å². The van der Waals surface area contributed by atoms with Crippen LogP contribution < -0.4 is 5.73 Å². The molecule has 0 bridgehead atoms. The van der Waals surface area contributed by atoms with E-state index in [9.17, 15) is 22.8 Å². The van der Waals surface area contributed by atoms with Gasteiger partial charge < -0.3 is 15.2 Å². The van der Waals surface area contributed by atoms with Crippen molar-refractivity contribution < 1.29 is 22.8 Å². The maximum Gasteiger partial charge on any atom is 0.416 e. The van der Waals surface area contributed by atoms with Gasteiger partial charge in [-0.15, -0.1) is 0 Å². The Bertz CT molecular complexity index is 905. The molecule has 2 N–H and O–H groups in total. The van der Waals surface area contributed by atoms with E-state index in [1.165, 1.54) is 17.8 Å². The summed E-state index contributed by atoms with van der Waals surface area (Å²) in [7, 11) is 0. The van der Waals surface area contributed by atoms with Crippen LogP contribution in [0.4, 0.5) is 13.2 Å². The zero-order valence-electron chi connectivity index (χ0n) is 16.0. The van der Waals surface area contributed by atoms with E-state index in [4.69, 9.17) is 5.73 Å².